The van der Waals surface area contributed by atoms with Gasteiger partial charge in [-0.25, -0.2) is 9.18 Å². The number of esters is 1. The smallest absolute Gasteiger partial charge is 0.462 e. The molecule has 0 radical (unpaired) electrons. The van der Waals surface area contributed by atoms with Crippen LogP contribution in [0.2, 0.25) is 0 Å². The monoisotopic (exact) mass is 494 g/mol. The number of nitrogens with zero attached hydrogens (tertiary/aromatic N) is 3. The number of aromatic nitrogens is 1. The third-order valence-corrected chi connectivity index (χ3v) is 6.54. The molecule has 1 saturated heterocycles. The number of rotatable bonds is 4. The summed E-state index contributed by atoms with van der Waals surface area (Å²) in [6, 6.07) is -0.207. The highest BCUT2D eigenvalue weighted by atomic mass is 19.4. The Hall–Kier alpha value is -3.44. The minimum Gasteiger partial charge on any atom is -0.462 e. The first-order valence-corrected chi connectivity index (χ1v) is 11.3. The van der Waals surface area contributed by atoms with Crippen molar-refractivity contribution in [3.63, 3.8) is 0 Å². The Morgan fingerprint density at radius 1 is 1.26 bits per heavy atom. The van der Waals surface area contributed by atoms with Crippen LogP contribution in [-0.4, -0.2) is 60.6 Å². The second kappa shape index (κ2) is 8.35. The molecule has 8 nitrogen and oxygen atoms in total. The molecule has 2 aromatic rings. The Bertz CT molecular complexity index is 1320. The molecule has 2 fully saturated rings. The van der Waals surface area contributed by atoms with Crippen LogP contribution >= 0.6 is 0 Å². The minimum absolute atomic E-state index is 0.00437. The molecule has 1 aromatic carbocycles. The predicted molar refractivity (Wildman–Crippen MR) is 119 cm³/mol. The number of benzene rings is 1. The number of aliphatic imine (C=N–C) groups is 1. The van der Waals surface area contributed by atoms with E-state index in [1.807, 2.05) is 5.32 Å². The van der Waals surface area contributed by atoms with Crippen LogP contribution in [0.25, 0.3) is 10.9 Å². The molecular weight excluding hydrogens is 472 g/mol. The lowest BCUT2D eigenvalue weighted by molar-refractivity contribution is -0.174. The van der Waals surface area contributed by atoms with Crippen molar-refractivity contribution >= 4 is 34.7 Å². The van der Waals surface area contributed by atoms with Gasteiger partial charge >= 0.3 is 18.1 Å². The highest BCUT2D eigenvalue weighted by molar-refractivity contribution is 6.06. The number of carbonyl (C=O) groups is 2. The standard InChI is InChI=1S/C23H22F4N4O4/c1-2-35-21(33)16-10-31(12-3-4-12)18-14(20(16)32)6-17(24)19-15(18)8-28-7-13-5-11(9-30(13)19)29-22(34)23(25,26)27/h6,8,10-13H,2-5,7,9H2,1H3,(H,29,34)/t11-,13-/m0/s1. The molecule has 2 aliphatic heterocycles. The Balaban J connectivity index is 1.63. The van der Waals surface area contributed by atoms with Crippen molar-refractivity contribution in [3.8, 4) is 0 Å². The number of ether oxygens (including phenoxy) is 1. The van der Waals surface area contributed by atoms with Crippen LogP contribution in [0.5, 0.6) is 0 Å². The Morgan fingerprint density at radius 2 is 2.00 bits per heavy atom. The normalized spacial score (nSPS) is 21.5. The topological polar surface area (TPSA) is 93.0 Å². The van der Waals surface area contributed by atoms with Gasteiger partial charge in [0.25, 0.3) is 0 Å². The SMILES string of the molecule is CCOC(=O)c1cn(C2CC2)c2c3c(c(F)cc2c1=O)N1C[C@@H](NC(=O)C(F)(F)F)C[C@H]1CN=C3. The Morgan fingerprint density at radius 3 is 2.66 bits per heavy atom. The van der Waals surface area contributed by atoms with Crippen LogP contribution in [0.15, 0.2) is 22.1 Å². The van der Waals surface area contributed by atoms with E-state index in [0.717, 1.165) is 18.9 Å². The average molecular weight is 494 g/mol. The molecule has 0 unspecified atom stereocenters. The molecule has 2 atom stereocenters. The summed E-state index contributed by atoms with van der Waals surface area (Å²) < 4.78 is 60.6. The van der Waals surface area contributed by atoms with Crippen LogP contribution in [0.4, 0.5) is 23.2 Å². The van der Waals surface area contributed by atoms with E-state index in [0.29, 0.717) is 11.1 Å². The van der Waals surface area contributed by atoms with Crippen molar-refractivity contribution in [2.45, 2.75) is 50.5 Å². The summed E-state index contributed by atoms with van der Waals surface area (Å²) in [6.07, 6.45) is -0.333. The highest BCUT2D eigenvalue weighted by Gasteiger charge is 2.43. The van der Waals surface area contributed by atoms with Gasteiger partial charge in [0.15, 0.2) is 0 Å². The van der Waals surface area contributed by atoms with Gasteiger partial charge in [0.2, 0.25) is 5.43 Å². The zero-order chi connectivity index (χ0) is 25.1. The summed E-state index contributed by atoms with van der Waals surface area (Å²) in [5.41, 5.74) is -0.00264. The molecule has 1 aliphatic carbocycles. The second-order valence-corrected chi connectivity index (χ2v) is 8.95. The molecule has 1 amide bonds. The molecule has 0 spiro atoms. The number of fused-ring (bicyclic) bond motifs is 5. The molecule has 1 N–H and O–H groups in total. The number of anilines is 1. The number of hydrogen-bond donors (Lipinski definition) is 1. The predicted octanol–water partition coefficient (Wildman–Crippen LogP) is 2.71. The van der Waals surface area contributed by atoms with Crippen LogP contribution in [0.3, 0.4) is 0 Å². The first kappa shape index (κ1) is 23.3. The van der Waals surface area contributed by atoms with Gasteiger partial charge in [0.1, 0.15) is 11.4 Å². The summed E-state index contributed by atoms with van der Waals surface area (Å²) in [5.74, 6) is -3.59. The van der Waals surface area contributed by atoms with E-state index in [-0.39, 0.29) is 48.8 Å². The first-order chi connectivity index (χ1) is 16.6. The first-order valence-electron chi connectivity index (χ1n) is 11.3. The van der Waals surface area contributed by atoms with Crippen molar-refractivity contribution in [1.29, 1.82) is 0 Å². The van der Waals surface area contributed by atoms with Crippen molar-refractivity contribution in [3.05, 3.63) is 39.4 Å². The molecule has 3 aliphatic rings. The minimum atomic E-state index is -5.02. The third kappa shape index (κ3) is 4.04. The number of halogens is 4. The largest absolute Gasteiger partial charge is 0.471 e. The molecular formula is C23H22F4N4O4. The highest BCUT2D eigenvalue weighted by Crippen LogP contribution is 2.41. The molecule has 1 saturated carbocycles. The summed E-state index contributed by atoms with van der Waals surface area (Å²) in [4.78, 5) is 43.0. The molecule has 5 rings (SSSR count). The van der Waals surface area contributed by atoms with Gasteiger partial charge in [-0.2, -0.15) is 13.2 Å². The van der Waals surface area contributed by atoms with E-state index in [2.05, 4.69) is 4.99 Å². The van der Waals surface area contributed by atoms with Gasteiger partial charge in [-0.05, 0) is 32.3 Å². The number of hydrogen-bond acceptors (Lipinski definition) is 6. The van der Waals surface area contributed by atoms with Crippen LogP contribution in [0.1, 0.15) is 48.1 Å². The number of carbonyl (C=O) groups excluding carboxylic acids is 2. The van der Waals surface area contributed by atoms with Gasteiger partial charge in [0.05, 0.1) is 35.8 Å². The molecule has 0 bridgehead atoms. The quantitative estimate of drug-likeness (QED) is 0.521. The van der Waals surface area contributed by atoms with E-state index in [9.17, 15) is 27.6 Å². The Kier molecular flexibility index (Phi) is 5.56. The fraction of sp³-hybridized carbons (Fsp3) is 0.478. The molecule has 1 aromatic heterocycles. The molecule has 12 heteroatoms. The van der Waals surface area contributed by atoms with E-state index in [1.165, 1.54) is 12.4 Å². The van der Waals surface area contributed by atoms with E-state index in [1.54, 1.807) is 16.4 Å². The third-order valence-electron chi connectivity index (χ3n) is 6.54. The fourth-order valence-electron chi connectivity index (χ4n) is 4.92. The van der Waals surface area contributed by atoms with Crippen molar-refractivity contribution < 1.29 is 31.9 Å². The molecule has 186 valence electrons. The van der Waals surface area contributed by atoms with Crippen molar-refractivity contribution in [2.75, 3.05) is 24.6 Å². The summed E-state index contributed by atoms with van der Waals surface area (Å²) in [7, 11) is 0. The average Bonchev–Trinajstić information content (AvgIpc) is 3.58. The van der Waals surface area contributed by atoms with Crippen LogP contribution < -0.4 is 15.6 Å². The summed E-state index contributed by atoms with van der Waals surface area (Å²) in [6.45, 7) is 1.83. The van der Waals surface area contributed by atoms with Crippen LogP contribution in [0, 0.1) is 5.82 Å². The fourth-order valence-corrected chi connectivity index (χ4v) is 4.92. The summed E-state index contributed by atoms with van der Waals surface area (Å²) in [5, 5.41) is 1.98. The number of nitrogens with one attached hydrogen (secondary N) is 1. The van der Waals surface area contributed by atoms with Crippen molar-refractivity contribution in [1.82, 2.24) is 9.88 Å². The van der Waals surface area contributed by atoms with Crippen molar-refractivity contribution in [2.24, 2.45) is 4.99 Å². The van der Waals surface area contributed by atoms with Gasteiger partial charge in [-0.3, -0.25) is 14.6 Å². The van der Waals surface area contributed by atoms with E-state index >= 15 is 4.39 Å². The van der Waals surface area contributed by atoms with E-state index < -0.39 is 41.4 Å². The zero-order valence-electron chi connectivity index (χ0n) is 18.7. The maximum atomic E-state index is 15.6. The lowest BCUT2D eigenvalue weighted by Crippen LogP contribution is -2.44. The summed E-state index contributed by atoms with van der Waals surface area (Å²) >= 11 is 0. The van der Waals surface area contributed by atoms with Crippen LogP contribution in [-0.2, 0) is 9.53 Å². The lowest BCUT2D eigenvalue weighted by Gasteiger charge is -2.27. The maximum absolute atomic E-state index is 15.6. The van der Waals surface area contributed by atoms with Gasteiger partial charge in [0, 0.05) is 36.6 Å². The maximum Gasteiger partial charge on any atom is 0.471 e. The molecule has 35 heavy (non-hydrogen) atoms. The number of alkyl halides is 3. The second-order valence-electron chi connectivity index (χ2n) is 8.95. The van der Waals surface area contributed by atoms with Gasteiger partial charge < -0.3 is 19.5 Å². The van der Waals surface area contributed by atoms with E-state index in [4.69, 9.17) is 4.74 Å². The Labute approximate surface area is 196 Å². The van der Waals surface area contributed by atoms with Gasteiger partial charge in [-0.1, -0.05) is 0 Å². The number of pyridine rings is 1. The lowest BCUT2D eigenvalue weighted by atomic mass is 10.0. The van der Waals surface area contributed by atoms with Gasteiger partial charge in [-0.15, -0.1) is 0 Å². The molecule has 3 heterocycles. The zero-order valence-corrected chi connectivity index (χ0v) is 18.7. The number of amides is 1.